The van der Waals surface area contributed by atoms with Crippen molar-refractivity contribution in [3.63, 3.8) is 0 Å². The van der Waals surface area contributed by atoms with E-state index in [1.807, 2.05) is 0 Å². The average molecular weight is 266 g/mol. The number of urea groups is 1. The lowest BCUT2D eigenvalue weighted by Gasteiger charge is -2.17. The third-order valence-corrected chi connectivity index (χ3v) is 2.34. The Kier molecular flexibility index (Phi) is 4.88. The molecule has 0 spiro atoms. The molecule has 1 aromatic carbocycles. The van der Waals surface area contributed by atoms with Crippen LogP contribution in [0, 0.1) is 0 Å². The largest absolute Gasteiger partial charge is 0.478 e. The maximum Gasteiger partial charge on any atom is 0.335 e. The molecule has 104 valence electrons. The molecule has 0 unspecified atom stereocenters. The van der Waals surface area contributed by atoms with Gasteiger partial charge in [0.2, 0.25) is 0 Å². The summed E-state index contributed by atoms with van der Waals surface area (Å²) in [6, 6.07) is 5.85. The predicted molar refractivity (Wildman–Crippen MR) is 69.9 cm³/mol. The Labute approximate surface area is 111 Å². The van der Waals surface area contributed by atoms with E-state index in [1.165, 1.54) is 12.1 Å². The molecule has 2 amide bonds. The highest BCUT2D eigenvalue weighted by molar-refractivity contribution is 5.87. The summed E-state index contributed by atoms with van der Waals surface area (Å²) in [4.78, 5) is 22.1. The van der Waals surface area contributed by atoms with Crippen molar-refractivity contribution < 1.29 is 19.8 Å². The van der Waals surface area contributed by atoms with Crippen molar-refractivity contribution in [2.45, 2.75) is 26.0 Å². The summed E-state index contributed by atoms with van der Waals surface area (Å²) in [7, 11) is 0. The van der Waals surface area contributed by atoms with E-state index < -0.39 is 11.6 Å². The molecule has 1 rings (SSSR count). The molecule has 0 aliphatic heterocycles. The Bertz CT molecular complexity index is 449. The molecule has 0 fully saturated rings. The Morgan fingerprint density at radius 3 is 2.21 bits per heavy atom. The highest BCUT2D eigenvalue weighted by atomic mass is 16.4. The molecule has 0 aliphatic carbocycles. The van der Waals surface area contributed by atoms with Gasteiger partial charge in [0, 0.05) is 13.1 Å². The fourth-order valence-corrected chi connectivity index (χ4v) is 1.31. The van der Waals surface area contributed by atoms with Gasteiger partial charge in [-0.15, -0.1) is 0 Å². The number of aromatic carboxylic acids is 1. The molecule has 19 heavy (non-hydrogen) atoms. The zero-order valence-corrected chi connectivity index (χ0v) is 10.9. The second-order valence-electron chi connectivity index (χ2n) is 4.85. The summed E-state index contributed by atoms with van der Waals surface area (Å²) in [5.41, 5.74) is 0.0409. The lowest BCUT2D eigenvalue weighted by Crippen LogP contribution is -2.43. The number of benzene rings is 1. The second-order valence-corrected chi connectivity index (χ2v) is 4.85. The first-order valence-electron chi connectivity index (χ1n) is 5.84. The minimum atomic E-state index is -0.984. The average Bonchev–Trinajstić information content (AvgIpc) is 2.33. The number of carbonyl (C=O) groups is 2. The van der Waals surface area contributed by atoms with Gasteiger partial charge in [-0.1, -0.05) is 12.1 Å². The van der Waals surface area contributed by atoms with Crippen LogP contribution in [0.5, 0.6) is 0 Å². The minimum absolute atomic E-state index is 0.150. The summed E-state index contributed by atoms with van der Waals surface area (Å²) in [6.45, 7) is 3.63. The van der Waals surface area contributed by atoms with Gasteiger partial charge in [-0.05, 0) is 31.5 Å². The molecule has 4 N–H and O–H groups in total. The monoisotopic (exact) mass is 266 g/mol. The highest BCUT2D eigenvalue weighted by Gasteiger charge is 2.13. The Morgan fingerprint density at radius 2 is 1.74 bits per heavy atom. The quantitative estimate of drug-likeness (QED) is 0.637. The van der Waals surface area contributed by atoms with Crippen molar-refractivity contribution in [2.75, 3.05) is 6.54 Å². The number of rotatable bonds is 5. The van der Waals surface area contributed by atoms with Crippen LogP contribution in [-0.2, 0) is 6.54 Å². The molecule has 0 aliphatic rings. The summed E-state index contributed by atoms with van der Waals surface area (Å²) >= 11 is 0. The number of nitrogens with one attached hydrogen (secondary N) is 2. The van der Waals surface area contributed by atoms with Gasteiger partial charge < -0.3 is 20.8 Å². The molecule has 6 nitrogen and oxygen atoms in total. The zero-order valence-electron chi connectivity index (χ0n) is 10.9. The van der Waals surface area contributed by atoms with Gasteiger partial charge in [-0.2, -0.15) is 0 Å². The van der Waals surface area contributed by atoms with Crippen molar-refractivity contribution in [1.82, 2.24) is 10.6 Å². The molecule has 0 saturated heterocycles. The van der Waals surface area contributed by atoms with Crippen LogP contribution in [0.1, 0.15) is 29.8 Å². The van der Waals surface area contributed by atoms with E-state index in [1.54, 1.807) is 26.0 Å². The van der Waals surface area contributed by atoms with E-state index in [2.05, 4.69) is 10.6 Å². The molecule has 0 heterocycles. The van der Waals surface area contributed by atoms with Gasteiger partial charge in [0.25, 0.3) is 0 Å². The number of carboxylic acid groups (broad SMARTS) is 1. The summed E-state index contributed by atoms with van der Waals surface area (Å²) < 4.78 is 0. The summed E-state index contributed by atoms with van der Waals surface area (Å²) in [5.74, 6) is -0.984. The number of hydrogen-bond acceptors (Lipinski definition) is 3. The second kappa shape index (κ2) is 6.19. The third kappa shape index (κ3) is 5.87. The van der Waals surface area contributed by atoms with Crippen molar-refractivity contribution in [1.29, 1.82) is 0 Å². The molecule has 0 atom stereocenters. The van der Waals surface area contributed by atoms with Crippen LogP contribution in [0.25, 0.3) is 0 Å². The molecule has 6 heteroatoms. The van der Waals surface area contributed by atoms with E-state index >= 15 is 0 Å². The Balaban J connectivity index is 2.40. The predicted octanol–water partition coefficient (Wildman–Crippen LogP) is 0.955. The fourth-order valence-electron chi connectivity index (χ4n) is 1.31. The number of hydrogen-bond donors (Lipinski definition) is 4. The summed E-state index contributed by atoms with van der Waals surface area (Å²) in [6.07, 6.45) is 0. The molecule has 0 bridgehead atoms. The van der Waals surface area contributed by atoms with Gasteiger partial charge in [-0.3, -0.25) is 0 Å². The van der Waals surface area contributed by atoms with Crippen molar-refractivity contribution >= 4 is 12.0 Å². The van der Waals surface area contributed by atoms with Gasteiger partial charge in [0.05, 0.1) is 11.2 Å². The maximum atomic E-state index is 11.4. The standard InChI is InChI=1S/C13H18N2O4/c1-13(2,19)8-15-12(18)14-7-9-3-5-10(6-4-9)11(16)17/h3-6,19H,7-8H2,1-2H3,(H,16,17)(H2,14,15,18). The van der Waals surface area contributed by atoms with Crippen molar-refractivity contribution in [3.8, 4) is 0 Å². The van der Waals surface area contributed by atoms with Gasteiger partial charge in [0.1, 0.15) is 0 Å². The SMILES string of the molecule is CC(C)(O)CNC(=O)NCc1ccc(C(=O)O)cc1. The van der Waals surface area contributed by atoms with E-state index in [4.69, 9.17) is 5.11 Å². The number of carboxylic acids is 1. The number of amides is 2. The van der Waals surface area contributed by atoms with E-state index in [0.29, 0.717) is 0 Å². The first-order valence-corrected chi connectivity index (χ1v) is 5.84. The molecular formula is C13H18N2O4. The van der Waals surface area contributed by atoms with E-state index in [9.17, 15) is 14.7 Å². The van der Waals surface area contributed by atoms with E-state index in [0.717, 1.165) is 5.56 Å². The van der Waals surface area contributed by atoms with Crippen molar-refractivity contribution in [3.05, 3.63) is 35.4 Å². The maximum absolute atomic E-state index is 11.4. The zero-order chi connectivity index (χ0) is 14.5. The van der Waals surface area contributed by atoms with Gasteiger partial charge >= 0.3 is 12.0 Å². The van der Waals surface area contributed by atoms with Gasteiger partial charge in [-0.25, -0.2) is 9.59 Å². The topological polar surface area (TPSA) is 98.7 Å². The molecule has 0 aromatic heterocycles. The van der Waals surface area contributed by atoms with Crippen LogP contribution in [0.3, 0.4) is 0 Å². The number of carbonyl (C=O) groups excluding carboxylic acids is 1. The fraction of sp³-hybridized carbons (Fsp3) is 0.385. The van der Waals surface area contributed by atoms with Crippen LogP contribution in [0.4, 0.5) is 4.79 Å². The third-order valence-electron chi connectivity index (χ3n) is 2.34. The lowest BCUT2D eigenvalue weighted by atomic mass is 10.1. The van der Waals surface area contributed by atoms with E-state index in [-0.39, 0.29) is 24.7 Å². The van der Waals surface area contributed by atoms with Crippen LogP contribution >= 0.6 is 0 Å². The van der Waals surface area contributed by atoms with Crippen LogP contribution in [0.2, 0.25) is 0 Å². The highest BCUT2D eigenvalue weighted by Crippen LogP contribution is 2.04. The first kappa shape index (κ1) is 15.0. The van der Waals surface area contributed by atoms with Crippen LogP contribution < -0.4 is 10.6 Å². The molecule has 0 radical (unpaired) electrons. The first-order chi connectivity index (χ1) is 8.78. The lowest BCUT2D eigenvalue weighted by molar-refractivity contribution is 0.0696. The van der Waals surface area contributed by atoms with Crippen LogP contribution in [-0.4, -0.2) is 34.4 Å². The Morgan fingerprint density at radius 1 is 1.16 bits per heavy atom. The molecule has 1 aromatic rings. The summed E-state index contributed by atoms with van der Waals surface area (Å²) in [5, 5.41) is 23.3. The van der Waals surface area contributed by atoms with Crippen LogP contribution in [0.15, 0.2) is 24.3 Å². The van der Waals surface area contributed by atoms with Crippen molar-refractivity contribution in [2.24, 2.45) is 0 Å². The van der Waals surface area contributed by atoms with Gasteiger partial charge in [0.15, 0.2) is 0 Å². The Hall–Kier alpha value is -2.08. The number of aliphatic hydroxyl groups is 1. The normalized spacial score (nSPS) is 10.9. The minimum Gasteiger partial charge on any atom is -0.478 e. The molecular weight excluding hydrogens is 248 g/mol. The molecule has 0 saturated carbocycles. The smallest absolute Gasteiger partial charge is 0.335 e.